The zero-order valence-electron chi connectivity index (χ0n) is 13.4. The molecular weight excluding hydrogens is 364 g/mol. The fourth-order valence-electron chi connectivity index (χ4n) is 2.10. The third-order valence-electron chi connectivity index (χ3n) is 3.39. The Balaban J connectivity index is 1.86. The Hall–Kier alpha value is -3.02. The summed E-state index contributed by atoms with van der Waals surface area (Å²) in [5.41, 5.74) is 18.0. The van der Waals surface area contributed by atoms with E-state index in [1.807, 2.05) is 0 Å². The number of azide groups is 1. The molecule has 1 heterocycles. The highest BCUT2D eigenvalue weighted by molar-refractivity contribution is 7.93. The summed E-state index contributed by atoms with van der Waals surface area (Å²) >= 11 is 0.500. The number of likely N-dealkylation sites (tertiary alicyclic amines) is 1. The van der Waals surface area contributed by atoms with Crippen LogP contribution in [0.4, 0.5) is 10.5 Å². The summed E-state index contributed by atoms with van der Waals surface area (Å²) in [7, 11) is 0. The zero-order valence-corrected chi connectivity index (χ0v) is 14.2. The van der Waals surface area contributed by atoms with Gasteiger partial charge in [-0.15, -0.1) is 0 Å². The number of benzene rings is 1. The van der Waals surface area contributed by atoms with Gasteiger partial charge in [0.15, 0.2) is 0 Å². The number of nitrogens with one attached hydrogen (secondary N) is 3. The summed E-state index contributed by atoms with van der Waals surface area (Å²) in [5.74, 6) is 0.437. The van der Waals surface area contributed by atoms with E-state index in [1.54, 1.807) is 18.2 Å². The minimum Gasteiger partial charge on any atom is -0.485 e. The molecule has 1 fully saturated rings. The van der Waals surface area contributed by atoms with Crippen LogP contribution < -0.4 is 10.2 Å². The first-order chi connectivity index (χ1) is 12.6. The van der Waals surface area contributed by atoms with Crippen LogP contribution in [0.5, 0.6) is 5.75 Å². The van der Waals surface area contributed by atoms with Crippen LogP contribution in [0.3, 0.4) is 0 Å². The van der Waals surface area contributed by atoms with E-state index in [2.05, 4.69) is 20.7 Å². The summed E-state index contributed by atoms with van der Waals surface area (Å²) in [6.07, 6.45) is -0.911. The van der Waals surface area contributed by atoms with Crippen LogP contribution in [-0.4, -0.2) is 53.6 Å². The van der Waals surface area contributed by atoms with Crippen LogP contribution in [-0.2, 0) is 4.74 Å². The molecule has 1 atom stereocenters. The molecule has 1 aromatic carbocycles. The third-order valence-corrected chi connectivity index (χ3v) is 3.91. The maximum absolute atomic E-state index is 11.9. The number of amides is 1. The number of rotatable bonds is 9. The Kier molecular flexibility index (Phi) is 7.02. The van der Waals surface area contributed by atoms with Gasteiger partial charge in [-0.2, -0.15) is 5.53 Å². The summed E-state index contributed by atoms with van der Waals surface area (Å²) < 4.78 is 20.1. The van der Waals surface area contributed by atoms with Gasteiger partial charge in [0.25, 0.3) is 0 Å². The normalized spacial score (nSPS) is 14.4. The van der Waals surface area contributed by atoms with Crippen molar-refractivity contribution in [2.24, 2.45) is 10.3 Å². The van der Waals surface area contributed by atoms with Gasteiger partial charge in [-0.1, -0.05) is 10.3 Å². The smallest absolute Gasteiger partial charge is 0.410 e. The lowest BCUT2D eigenvalue weighted by molar-refractivity contribution is 0.00555. The Bertz CT molecular complexity index is 720. The molecule has 1 aromatic rings. The van der Waals surface area contributed by atoms with Crippen molar-refractivity contribution in [3.05, 3.63) is 28.6 Å². The Morgan fingerprint density at radius 3 is 3.00 bits per heavy atom. The van der Waals surface area contributed by atoms with Gasteiger partial charge in [0.1, 0.15) is 18.0 Å². The summed E-state index contributed by atoms with van der Waals surface area (Å²) in [6, 6.07) is 4.84. The van der Waals surface area contributed by atoms with Crippen molar-refractivity contribution >= 4 is 30.0 Å². The van der Waals surface area contributed by atoms with Crippen LogP contribution in [0.2, 0.25) is 0 Å². The summed E-state index contributed by atoms with van der Waals surface area (Å²) in [5, 5.41) is 13.5. The Morgan fingerprint density at radius 2 is 2.38 bits per heavy atom. The molecule has 0 radical (unpaired) electrons. The van der Waals surface area contributed by atoms with Crippen molar-refractivity contribution < 1.29 is 18.8 Å². The van der Waals surface area contributed by atoms with E-state index in [0.29, 0.717) is 28.4 Å². The molecule has 1 unspecified atom stereocenters. The maximum atomic E-state index is 11.9. The Labute approximate surface area is 152 Å². The third kappa shape index (κ3) is 4.99. The summed E-state index contributed by atoms with van der Waals surface area (Å²) in [4.78, 5) is 16.3. The first kappa shape index (κ1) is 19.3. The molecule has 26 heavy (non-hydrogen) atoms. The molecule has 0 aliphatic carbocycles. The lowest BCUT2D eigenvalue weighted by atomic mass is 10.2. The number of nitrogens with zero attached hydrogens (tertiary/aromatic N) is 5. The van der Waals surface area contributed by atoms with E-state index in [1.165, 1.54) is 4.90 Å². The van der Waals surface area contributed by atoms with Crippen molar-refractivity contribution in [1.29, 1.82) is 10.9 Å². The van der Waals surface area contributed by atoms with E-state index in [9.17, 15) is 9.35 Å². The number of hydrogen-bond acceptors (Lipinski definition) is 9. The monoisotopic (exact) mass is 380 g/mol. The second-order valence-corrected chi connectivity index (χ2v) is 5.75. The minimum absolute atomic E-state index is 0.137. The van der Waals surface area contributed by atoms with Crippen molar-refractivity contribution in [3.8, 4) is 5.75 Å². The molecule has 0 aromatic heterocycles. The number of carbonyl (C=O) groups is 1. The average Bonchev–Trinajstić information content (AvgIpc) is 2.62. The lowest BCUT2D eigenvalue weighted by Crippen LogP contribution is -2.56. The van der Waals surface area contributed by atoms with E-state index in [4.69, 9.17) is 25.9 Å². The number of hydrogen-bond donors (Lipinski definition) is 4. The second-order valence-electron chi connectivity index (χ2n) is 5.12. The average molecular weight is 380 g/mol. The lowest BCUT2D eigenvalue weighted by Gasteiger charge is -2.38. The van der Waals surface area contributed by atoms with Gasteiger partial charge in [-0.05, 0) is 23.7 Å². The molecule has 12 nitrogen and oxygen atoms in total. The zero-order chi connectivity index (χ0) is 18.9. The van der Waals surface area contributed by atoms with Gasteiger partial charge in [0, 0.05) is 23.2 Å². The van der Waals surface area contributed by atoms with Crippen LogP contribution in [0.1, 0.15) is 0 Å². The first-order valence-electron chi connectivity index (χ1n) is 7.32. The van der Waals surface area contributed by atoms with Crippen LogP contribution in [0.25, 0.3) is 10.4 Å². The van der Waals surface area contributed by atoms with E-state index in [0.717, 1.165) is 6.21 Å². The van der Waals surface area contributed by atoms with Crippen molar-refractivity contribution in [2.75, 3.05) is 25.1 Å². The molecule has 13 heteroatoms. The predicted octanol–water partition coefficient (Wildman–Crippen LogP) is 3.14. The van der Waals surface area contributed by atoms with Gasteiger partial charge in [0.2, 0.25) is 0 Å². The molecular formula is C13H16N8O4S. The second kappa shape index (κ2) is 9.46. The van der Waals surface area contributed by atoms with Crippen LogP contribution in [0.15, 0.2) is 33.4 Å². The highest BCUT2D eigenvalue weighted by atomic mass is 32.2. The van der Waals surface area contributed by atoms with Crippen molar-refractivity contribution in [1.82, 2.24) is 4.90 Å². The predicted molar refractivity (Wildman–Crippen MR) is 92.8 cm³/mol. The van der Waals surface area contributed by atoms with Crippen LogP contribution >= 0.6 is 12.0 Å². The highest BCUT2D eigenvalue weighted by Gasteiger charge is 2.34. The number of carbonyl (C=O) groups excluding carboxylic acids is 1. The van der Waals surface area contributed by atoms with Gasteiger partial charge in [-0.3, -0.25) is 5.43 Å². The number of anilines is 1. The molecule has 1 saturated heterocycles. The molecule has 2 rings (SSSR count). The first-order valence-corrected chi connectivity index (χ1v) is 8.10. The van der Waals surface area contributed by atoms with Gasteiger partial charge in [-0.25, -0.2) is 4.79 Å². The number of ether oxygens (including phenoxy) is 2. The molecule has 4 N–H and O–H groups in total. The quantitative estimate of drug-likeness (QED) is 0.127. The standard InChI is InChI=1S/C13H16N8O4S/c14-4-9(5-17-19-15)25-13(22)21-6-10(7-21)24-11-2-1-8(18-20-16)3-12(11)26-23/h1-4,9-10,14,23H,5-7H2,(H2,16,18). The summed E-state index contributed by atoms with van der Waals surface area (Å²) in [6.45, 7) is 0.424. The fraction of sp³-hybridized carbons (Fsp3) is 0.385. The highest BCUT2D eigenvalue weighted by Crippen LogP contribution is 2.32. The fourth-order valence-corrected chi connectivity index (χ4v) is 2.48. The van der Waals surface area contributed by atoms with Crippen molar-refractivity contribution in [3.63, 3.8) is 0 Å². The van der Waals surface area contributed by atoms with E-state index < -0.39 is 12.2 Å². The van der Waals surface area contributed by atoms with E-state index in [-0.39, 0.29) is 25.7 Å². The molecule has 1 aliphatic heterocycles. The van der Waals surface area contributed by atoms with Crippen molar-refractivity contribution in [2.45, 2.75) is 17.1 Å². The Morgan fingerprint density at radius 1 is 1.62 bits per heavy atom. The van der Waals surface area contributed by atoms with Gasteiger partial charge < -0.3 is 24.3 Å². The molecule has 1 amide bonds. The van der Waals surface area contributed by atoms with Gasteiger partial charge in [0.05, 0.1) is 30.2 Å². The molecule has 1 aliphatic rings. The minimum atomic E-state index is -0.904. The van der Waals surface area contributed by atoms with Gasteiger partial charge >= 0.3 is 6.09 Å². The largest absolute Gasteiger partial charge is 0.485 e. The maximum Gasteiger partial charge on any atom is 0.410 e. The molecule has 0 saturated carbocycles. The molecule has 0 spiro atoms. The topological polar surface area (TPSA) is 180 Å². The molecule has 0 bridgehead atoms. The molecule has 138 valence electrons. The van der Waals surface area contributed by atoms with Crippen LogP contribution in [0, 0.1) is 10.9 Å². The SMILES string of the molecule is [N-]=[N+]=NCC(C=N)OC(=O)N1CC(Oc2ccc(NN=N)cc2SO)C1. The van der Waals surface area contributed by atoms with E-state index >= 15 is 0 Å².